The van der Waals surface area contributed by atoms with Crippen LogP contribution in [0.2, 0.25) is 0 Å². The van der Waals surface area contributed by atoms with Crippen LogP contribution in [0.1, 0.15) is 52.0 Å². The summed E-state index contributed by atoms with van der Waals surface area (Å²) in [5.74, 6) is 0. The van der Waals surface area contributed by atoms with Crippen LogP contribution in [-0.2, 0) is 11.3 Å². The molecule has 3 rings (SSSR count). The minimum Gasteiger partial charge on any atom is -0.445 e. The highest BCUT2D eigenvalue weighted by Crippen LogP contribution is 2.44. The highest BCUT2D eigenvalue weighted by Gasteiger charge is 2.50. The molecule has 0 spiro atoms. The van der Waals surface area contributed by atoms with Gasteiger partial charge in [0.15, 0.2) is 0 Å². The van der Waals surface area contributed by atoms with Crippen LogP contribution in [0.25, 0.3) is 0 Å². The molecule has 0 saturated carbocycles. The van der Waals surface area contributed by atoms with Crippen molar-refractivity contribution in [2.45, 2.75) is 70.7 Å². The van der Waals surface area contributed by atoms with Crippen molar-refractivity contribution in [2.24, 2.45) is 0 Å². The van der Waals surface area contributed by atoms with E-state index in [1.807, 2.05) is 56.0 Å². The van der Waals surface area contributed by atoms with Crippen molar-refractivity contribution in [2.75, 3.05) is 0 Å². The number of amides is 1. The summed E-state index contributed by atoms with van der Waals surface area (Å²) in [6.07, 6.45) is 2.87. The summed E-state index contributed by atoms with van der Waals surface area (Å²) in [7, 11) is 0. The molecule has 1 amide bonds. The van der Waals surface area contributed by atoms with E-state index in [0.29, 0.717) is 19.4 Å². The largest absolute Gasteiger partial charge is 0.445 e. The van der Waals surface area contributed by atoms with E-state index in [1.165, 1.54) is 0 Å². The van der Waals surface area contributed by atoms with Crippen molar-refractivity contribution in [3.63, 3.8) is 0 Å². The van der Waals surface area contributed by atoms with E-state index in [1.54, 1.807) is 0 Å². The third-order valence-corrected chi connectivity index (χ3v) is 5.63. The number of carbonyl (C=O) groups is 1. The van der Waals surface area contributed by atoms with Crippen molar-refractivity contribution in [3.05, 3.63) is 47.0 Å². The van der Waals surface area contributed by atoms with Gasteiger partial charge in [0.1, 0.15) is 6.61 Å². The summed E-state index contributed by atoms with van der Waals surface area (Å²) in [6, 6.07) is 9.89. The summed E-state index contributed by atoms with van der Waals surface area (Å²) in [4.78, 5) is 14.4. The van der Waals surface area contributed by atoms with E-state index in [-0.39, 0.29) is 18.2 Å². The molecule has 24 heavy (non-hydrogen) atoms. The van der Waals surface area contributed by atoms with E-state index < -0.39 is 5.60 Å². The van der Waals surface area contributed by atoms with Gasteiger partial charge >= 0.3 is 6.09 Å². The number of aliphatic hydroxyl groups is 1. The number of fused-ring (bicyclic) bond motifs is 2. The Balaban J connectivity index is 1.67. The topological polar surface area (TPSA) is 49.8 Å². The molecule has 1 aromatic carbocycles. The highest BCUT2D eigenvalue weighted by molar-refractivity contribution is 5.69. The van der Waals surface area contributed by atoms with Gasteiger partial charge < -0.3 is 14.7 Å². The van der Waals surface area contributed by atoms with Gasteiger partial charge in [-0.05, 0) is 44.7 Å². The number of carbonyl (C=O) groups excluding carboxylic acids is 1. The lowest BCUT2D eigenvalue weighted by atomic mass is 9.79. The second kappa shape index (κ2) is 6.60. The van der Waals surface area contributed by atoms with Crippen LogP contribution in [0.15, 0.2) is 41.5 Å². The van der Waals surface area contributed by atoms with E-state index in [4.69, 9.17) is 4.74 Å². The summed E-state index contributed by atoms with van der Waals surface area (Å²) in [5, 5.41) is 11.1. The lowest BCUT2D eigenvalue weighted by Crippen LogP contribution is -2.53. The molecule has 1 aromatic rings. The molecule has 2 heterocycles. The minimum absolute atomic E-state index is 0.0753. The fraction of sp³-hybridized carbons (Fsp3) is 0.550. The zero-order valence-electron chi connectivity index (χ0n) is 14.8. The first-order valence-electron chi connectivity index (χ1n) is 8.76. The molecular weight excluding hydrogens is 302 g/mol. The Bertz CT molecular complexity index is 620. The molecule has 0 aliphatic carbocycles. The van der Waals surface area contributed by atoms with Crippen LogP contribution < -0.4 is 0 Å². The number of ether oxygens (including phenoxy) is 1. The fourth-order valence-corrected chi connectivity index (χ4v) is 4.09. The Hall–Kier alpha value is -1.81. The van der Waals surface area contributed by atoms with Gasteiger partial charge in [-0.2, -0.15) is 0 Å². The fourth-order valence-electron chi connectivity index (χ4n) is 4.09. The van der Waals surface area contributed by atoms with Crippen LogP contribution in [0.5, 0.6) is 0 Å². The van der Waals surface area contributed by atoms with Crippen LogP contribution >= 0.6 is 0 Å². The predicted octanol–water partition coefficient (Wildman–Crippen LogP) is 4.04. The Labute approximate surface area is 144 Å². The number of hydrogen-bond acceptors (Lipinski definition) is 3. The molecule has 4 nitrogen and oxygen atoms in total. The average molecular weight is 329 g/mol. The molecule has 0 radical (unpaired) electrons. The lowest BCUT2D eigenvalue weighted by Gasteiger charge is -2.44. The van der Waals surface area contributed by atoms with Crippen LogP contribution in [0.4, 0.5) is 4.79 Å². The Morgan fingerprint density at radius 1 is 1.17 bits per heavy atom. The van der Waals surface area contributed by atoms with Gasteiger partial charge in [-0.25, -0.2) is 4.79 Å². The second-order valence-electron chi connectivity index (χ2n) is 7.40. The van der Waals surface area contributed by atoms with Crippen molar-refractivity contribution in [1.82, 2.24) is 4.90 Å². The van der Waals surface area contributed by atoms with Crippen molar-refractivity contribution < 1.29 is 14.6 Å². The van der Waals surface area contributed by atoms with Gasteiger partial charge in [0, 0.05) is 24.9 Å². The van der Waals surface area contributed by atoms with Gasteiger partial charge in [0.2, 0.25) is 0 Å². The quantitative estimate of drug-likeness (QED) is 0.852. The molecule has 130 valence electrons. The Morgan fingerprint density at radius 2 is 1.75 bits per heavy atom. The van der Waals surface area contributed by atoms with Crippen molar-refractivity contribution >= 4 is 6.09 Å². The van der Waals surface area contributed by atoms with E-state index in [0.717, 1.165) is 29.6 Å². The first-order chi connectivity index (χ1) is 11.4. The summed E-state index contributed by atoms with van der Waals surface area (Å²) in [6.45, 7) is 6.39. The normalized spacial score (nSPS) is 28.6. The summed E-state index contributed by atoms with van der Waals surface area (Å²) in [5.41, 5.74) is 2.43. The molecule has 2 saturated heterocycles. The number of rotatable bonds is 3. The third kappa shape index (κ3) is 3.20. The standard InChI is InChI=1S/C20H27NO3/c1-14(2)15(3)20(23)11-17-9-10-18(12-20)21(17)19(22)24-13-16-7-5-4-6-8-16/h4-8,17-18,23H,9-13H2,1-3H3. The van der Waals surface area contributed by atoms with Gasteiger partial charge in [-0.3, -0.25) is 0 Å². The third-order valence-electron chi connectivity index (χ3n) is 5.63. The number of hydrogen-bond donors (Lipinski definition) is 1. The van der Waals surface area contributed by atoms with Crippen LogP contribution in [-0.4, -0.2) is 33.8 Å². The molecule has 2 bridgehead atoms. The predicted molar refractivity (Wildman–Crippen MR) is 93.5 cm³/mol. The van der Waals surface area contributed by atoms with Crippen molar-refractivity contribution in [3.8, 4) is 0 Å². The maximum Gasteiger partial charge on any atom is 0.410 e. The van der Waals surface area contributed by atoms with E-state index in [2.05, 4.69) is 0 Å². The van der Waals surface area contributed by atoms with E-state index >= 15 is 0 Å². The minimum atomic E-state index is -0.777. The van der Waals surface area contributed by atoms with Crippen LogP contribution in [0, 0.1) is 0 Å². The molecule has 1 N–H and O–H groups in total. The second-order valence-corrected chi connectivity index (χ2v) is 7.40. The number of benzene rings is 1. The van der Waals surface area contributed by atoms with E-state index in [9.17, 15) is 9.90 Å². The summed E-state index contributed by atoms with van der Waals surface area (Å²) < 4.78 is 5.52. The number of piperidine rings is 1. The molecule has 2 aliphatic rings. The highest BCUT2D eigenvalue weighted by atomic mass is 16.6. The Morgan fingerprint density at radius 3 is 2.29 bits per heavy atom. The Kier molecular flexibility index (Phi) is 4.68. The van der Waals surface area contributed by atoms with Gasteiger partial charge in [-0.15, -0.1) is 0 Å². The monoisotopic (exact) mass is 329 g/mol. The van der Waals surface area contributed by atoms with Crippen molar-refractivity contribution in [1.29, 1.82) is 0 Å². The molecule has 4 heteroatoms. The number of nitrogens with zero attached hydrogens (tertiary/aromatic N) is 1. The molecular formula is C20H27NO3. The maximum absolute atomic E-state index is 12.6. The lowest BCUT2D eigenvalue weighted by molar-refractivity contribution is -0.0256. The zero-order valence-corrected chi connectivity index (χ0v) is 14.8. The average Bonchev–Trinajstić information content (AvgIpc) is 2.85. The molecule has 2 atom stereocenters. The molecule has 2 unspecified atom stereocenters. The van der Waals surface area contributed by atoms with Gasteiger partial charge in [-0.1, -0.05) is 35.9 Å². The van der Waals surface area contributed by atoms with Gasteiger partial charge in [0.05, 0.1) is 5.60 Å². The smallest absolute Gasteiger partial charge is 0.410 e. The first-order valence-corrected chi connectivity index (χ1v) is 8.76. The zero-order chi connectivity index (χ0) is 17.3. The molecule has 2 aliphatic heterocycles. The first kappa shape index (κ1) is 17.0. The molecule has 0 aromatic heterocycles. The molecule has 2 fully saturated rings. The van der Waals surface area contributed by atoms with Gasteiger partial charge in [0.25, 0.3) is 0 Å². The summed E-state index contributed by atoms with van der Waals surface area (Å²) >= 11 is 0. The number of allylic oxidation sites excluding steroid dienone is 1. The maximum atomic E-state index is 12.6. The SMILES string of the molecule is CC(C)=C(C)C1(O)CC2CCC(C1)N2C(=O)OCc1ccccc1. The van der Waals surface area contributed by atoms with Crippen LogP contribution in [0.3, 0.4) is 0 Å².